The number of benzene rings is 1. The quantitative estimate of drug-likeness (QED) is 0.759. The number of alkyl halides is 3. The highest BCUT2D eigenvalue weighted by molar-refractivity contribution is 7.86. The van der Waals surface area contributed by atoms with Crippen LogP contribution in [0.2, 0.25) is 0 Å². The lowest BCUT2D eigenvalue weighted by molar-refractivity contribution is -0.274. The van der Waals surface area contributed by atoms with Crippen LogP contribution in [0.3, 0.4) is 0 Å². The third-order valence-corrected chi connectivity index (χ3v) is 6.35. The molecule has 0 aromatic heterocycles. The second-order valence-corrected chi connectivity index (χ2v) is 8.36. The first kappa shape index (κ1) is 20.0. The maximum Gasteiger partial charge on any atom is 0.573 e. The molecule has 0 bridgehead atoms. The second-order valence-electron chi connectivity index (χ2n) is 6.26. The Morgan fingerprint density at radius 2 is 1.64 bits per heavy atom. The standard InChI is InChI=1S/C16H23F3N2O3S/c1-20(25(22,23)21(2)14-6-4-3-5-7-14)12-13-8-10-15(11-9-13)24-16(17,18)19/h8-11,14H,3-7,12H2,1-2H3. The number of ether oxygens (including phenoxy) is 1. The summed E-state index contributed by atoms with van der Waals surface area (Å²) in [5, 5.41) is 0. The van der Waals surface area contributed by atoms with E-state index in [1.165, 1.54) is 39.9 Å². The third-order valence-electron chi connectivity index (χ3n) is 4.41. The third kappa shape index (κ3) is 5.58. The summed E-state index contributed by atoms with van der Waals surface area (Å²) in [6.07, 6.45) is 0.140. The maximum absolute atomic E-state index is 12.7. The van der Waals surface area contributed by atoms with Crippen molar-refractivity contribution in [3.8, 4) is 5.75 Å². The zero-order valence-electron chi connectivity index (χ0n) is 14.3. The molecule has 2 rings (SSSR count). The highest BCUT2D eigenvalue weighted by atomic mass is 32.2. The van der Waals surface area contributed by atoms with Gasteiger partial charge < -0.3 is 4.74 Å². The summed E-state index contributed by atoms with van der Waals surface area (Å²) in [5.74, 6) is -0.332. The van der Waals surface area contributed by atoms with E-state index in [-0.39, 0.29) is 18.3 Å². The molecule has 1 aliphatic carbocycles. The van der Waals surface area contributed by atoms with Crippen molar-refractivity contribution in [3.63, 3.8) is 0 Å². The predicted molar refractivity (Wildman–Crippen MR) is 88.1 cm³/mol. The van der Waals surface area contributed by atoms with Crippen LogP contribution in [0.1, 0.15) is 37.7 Å². The molecule has 0 radical (unpaired) electrons. The van der Waals surface area contributed by atoms with E-state index >= 15 is 0 Å². The minimum atomic E-state index is -4.75. The summed E-state index contributed by atoms with van der Waals surface area (Å²) in [5.41, 5.74) is 0.581. The topological polar surface area (TPSA) is 49.9 Å². The predicted octanol–water partition coefficient (Wildman–Crippen LogP) is 3.53. The Morgan fingerprint density at radius 3 is 2.16 bits per heavy atom. The lowest BCUT2D eigenvalue weighted by Crippen LogP contribution is -2.45. The largest absolute Gasteiger partial charge is 0.573 e. The maximum atomic E-state index is 12.7. The van der Waals surface area contributed by atoms with Crippen LogP contribution in [0, 0.1) is 0 Å². The van der Waals surface area contributed by atoms with Crippen molar-refractivity contribution in [3.05, 3.63) is 29.8 Å². The monoisotopic (exact) mass is 380 g/mol. The van der Waals surface area contributed by atoms with E-state index in [4.69, 9.17) is 0 Å². The molecule has 0 saturated heterocycles. The summed E-state index contributed by atoms with van der Waals surface area (Å²) < 4.78 is 68.2. The van der Waals surface area contributed by atoms with Gasteiger partial charge in [0.05, 0.1) is 0 Å². The molecule has 1 aromatic carbocycles. The lowest BCUT2D eigenvalue weighted by Gasteiger charge is -2.33. The lowest BCUT2D eigenvalue weighted by atomic mass is 9.96. The SMILES string of the molecule is CN(Cc1ccc(OC(F)(F)F)cc1)S(=O)(=O)N(C)C1CCCCC1. The van der Waals surface area contributed by atoms with E-state index in [0.29, 0.717) is 5.56 Å². The van der Waals surface area contributed by atoms with Crippen LogP contribution in [-0.2, 0) is 16.8 Å². The molecule has 5 nitrogen and oxygen atoms in total. The Balaban J connectivity index is 2.01. The van der Waals surface area contributed by atoms with Crippen LogP contribution in [0.15, 0.2) is 24.3 Å². The van der Waals surface area contributed by atoms with E-state index in [0.717, 1.165) is 32.1 Å². The Morgan fingerprint density at radius 1 is 1.08 bits per heavy atom. The molecular formula is C16H23F3N2O3S. The summed E-state index contributed by atoms with van der Waals surface area (Å²) in [4.78, 5) is 0. The second kappa shape index (κ2) is 7.92. The van der Waals surface area contributed by atoms with Gasteiger partial charge in [0, 0.05) is 26.7 Å². The number of rotatable bonds is 6. The van der Waals surface area contributed by atoms with Gasteiger partial charge >= 0.3 is 6.36 Å². The average Bonchev–Trinajstić information content (AvgIpc) is 2.55. The van der Waals surface area contributed by atoms with Gasteiger partial charge in [0.25, 0.3) is 10.2 Å². The van der Waals surface area contributed by atoms with Crippen LogP contribution in [-0.4, -0.2) is 43.5 Å². The average molecular weight is 380 g/mol. The van der Waals surface area contributed by atoms with Crippen molar-refractivity contribution in [1.29, 1.82) is 0 Å². The van der Waals surface area contributed by atoms with E-state index < -0.39 is 16.6 Å². The molecule has 1 fully saturated rings. The molecule has 1 aromatic rings. The first-order valence-electron chi connectivity index (χ1n) is 8.13. The van der Waals surface area contributed by atoms with E-state index in [2.05, 4.69) is 4.74 Å². The Labute approximate surface area is 146 Å². The molecule has 0 N–H and O–H groups in total. The van der Waals surface area contributed by atoms with Crippen LogP contribution in [0.25, 0.3) is 0 Å². The number of hydrogen-bond donors (Lipinski definition) is 0. The van der Waals surface area contributed by atoms with Gasteiger partial charge in [-0.15, -0.1) is 13.2 Å². The molecule has 1 saturated carbocycles. The van der Waals surface area contributed by atoms with Crippen molar-refractivity contribution in [1.82, 2.24) is 8.61 Å². The normalized spacial score (nSPS) is 17.2. The Hall–Kier alpha value is -1.32. The summed E-state index contributed by atoms with van der Waals surface area (Å²) >= 11 is 0. The van der Waals surface area contributed by atoms with Crippen molar-refractivity contribution in [2.75, 3.05) is 14.1 Å². The molecule has 0 unspecified atom stereocenters. The smallest absolute Gasteiger partial charge is 0.406 e. The fourth-order valence-corrected chi connectivity index (χ4v) is 4.33. The van der Waals surface area contributed by atoms with E-state index in [9.17, 15) is 21.6 Å². The van der Waals surface area contributed by atoms with Gasteiger partial charge in [-0.2, -0.15) is 17.0 Å². The molecule has 1 aliphatic rings. The van der Waals surface area contributed by atoms with Gasteiger partial charge in [0.2, 0.25) is 0 Å². The number of halogens is 3. The van der Waals surface area contributed by atoms with Gasteiger partial charge in [-0.25, -0.2) is 0 Å². The minimum Gasteiger partial charge on any atom is -0.406 e. The van der Waals surface area contributed by atoms with Crippen LogP contribution < -0.4 is 4.74 Å². The van der Waals surface area contributed by atoms with Gasteiger partial charge in [0.1, 0.15) is 5.75 Å². The zero-order chi connectivity index (χ0) is 18.7. The van der Waals surface area contributed by atoms with Crippen LogP contribution >= 0.6 is 0 Å². The zero-order valence-corrected chi connectivity index (χ0v) is 15.1. The highest BCUT2D eigenvalue weighted by Crippen LogP contribution is 2.26. The molecule has 0 aliphatic heterocycles. The molecule has 0 heterocycles. The van der Waals surface area contributed by atoms with E-state index in [1.54, 1.807) is 7.05 Å². The molecule has 9 heteroatoms. The molecule has 0 amide bonds. The van der Waals surface area contributed by atoms with Gasteiger partial charge in [-0.05, 0) is 30.5 Å². The highest BCUT2D eigenvalue weighted by Gasteiger charge is 2.32. The fraction of sp³-hybridized carbons (Fsp3) is 0.625. The van der Waals surface area contributed by atoms with Crippen LogP contribution in [0.4, 0.5) is 13.2 Å². The summed E-state index contributed by atoms with van der Waals surface area (Å²) in [6.45, 7) is 0.0751. The summed E-state index contributed by atoms with van der Waals surface area (Å²) in [7, 11) is -0.568. The molecular weight excluding hydrogens is 357 g/mol. The first-order valence-corrected chi connectivity index (χ1v) is 9.53. The number of hydrogen-bond acceptors (Lipinski definition) is 3. The molecule has 142 valence electrons. The molecule has 0 atom stereocenters. The van der Waals surface area contributed by atoms with Crippen molar-refractivity contribution in [2.45, 2.75) is 51.1 Å². The van der Waals surface area contributed by atoms with Crippen LogP contribution in [0.5, 0.6) is 5.75 Å². The van der Waals surface area contributed by atoms with Gasteiger partial charge in [-0.3, -0.25) is 0 Å². The fourth-order valence-electron chi connectivity index (χ4n) is 2.99. The van der Waals surface area contributed by atoms with E-state index in [1.807, 2.05) is 0 Å². The van der Waals surface area contributed by atoms with Crippen molar-refractivity contribution >= 4 is 10.2 Å². The van der Waals surface area contributed by atoms with Crippen molar-refractivity contribution in [2.24, 2.45) is 0 Å². The minimum absolute atomic E-state index is 0.00348. The van der Waals surface area contributed by atoms with Gasteiger partial charge in [0.15, 0.2) is 0 Å². The summed E-state index contributed by atoms with van der Waals surface area (Å²) in [6, 6.07) is 5.20. The molecule has 0 spiro atoms. The van der Waals surface area contributed by atoms with Crippen molar-refractivity contribution < 1.29 is 26.3 Å². The molecule has 25 heavy (non-hydrogen) atoms. The Bertz CT molecular complexity index is 656. The number of nitrogens with zero attached hydrogens (tertiary/aromatic N) is 2. The first-order chi connectivity index (χ1) is 11.6. The van der Waals surface area contributed by atoms with Gasteiger partial charge in [-0.1, -0.05) is 31.4 Å². The Kier molecular flexibility index (Phi) is 6.34.